The van der Waals surface area contributed by atoms with Crippen molar-refractivity contribution in [3.05, 3.63) is 36.4 Å². The van der Waals surface area contributed by atoms with Gasteiger partial charge in [0.15, 0.2) is 0 Å². The molecular weight excluding hydrogens is 298 g/mol. The van der Waals surface area contributed by atoms with Gasteiger partial charge in [0, 0.05) is 36.5 Å². The summed E-state index contributed by atoms with van der Waals surface area (Å²) >= 11 is 0. The molecule has 0 aromatic heterocycles. The van der Waals surface area contributed by atoms with Crippen LogP contribution in [-0.4, -0.2) is 38.4 Å². The predicted octanol–water partition coefficient (Wildman–Crippen LogP) is 3.36. The molecule has 2 aromatic rings. The van der Waals surface area contributed by atoms with E-state index in [1.165, 1.54) is 35.0 Å². The van der Waals surface area contributed by atoms with Crippen molar-refractivity contribution in [3.8, 4) is 0 Å². The molecule has 2 fully saturated rings. The fourth-order valence-electron chi connectivity index (χ4n) is 3.84. The number of morpholine rings is 1. The van der Waals surface area contributed by atoms with Crippen molar-refractivity contribution < 1.29 is 4.74 Å². The van der Waals surface area contributed by atoms with E-state index in [9.17, 15) is 0 Å². The maximum absolute atomic E-state index is 6.00. The van der Waals surface area contributed by atoms with Crippen molar-refractivity contribution in [2.45, 2.75) is 37.8 Å². The van der Waals surface area contributed by atoms with Gasteiger partial charge in [0.25, 0.3) is 0 Å². The topological polar surface area (TPSA) is 50.5 Å². The second kappa shape index (κ2) is 6.99. The van der Waals surface area contributed by atoms with Crippen LogP contribution in [0.25, 0.3) is 10.8 Å². The molecule has 128 valence electrons. The quantitative estimate of drug-likeness (QED) is 0.908. The third-order valence-electron chi connectivity index (χ3n) is 5.34. The number of hydrogen-bond acceptors (Lipinski definition) is 4. The fraction of sp³-hybridized carbons (Fsp3) is 0.500. The number of anilines is 2. The molecule has 1 saturated carbocycles. The van der Waals surface area contributed by atoms with Crippen molar-refractivity contribution in [3.63, 3.8) is 0 Å². The predicted molar refractivity (Wildman–Crippen MR) is 101 cm³/mol. The second-order valence-corrected chi connectivity index (χ2v) is 7.10. The number of nitrogens with two attached hydrogens (primary N) is 1. The minimum Gasteiger partial charge on any atom is -0.382 e. The van der Waals surface area contributed by atoms with Gasteiger partial charge in [0.2, 0.25) is 0 Å². The minimum absolute atomic E-state index is 0.401. The molecule has 4 heteroatoms. The standard InChI is InChI=1S/C20H27N3O/c21-17-3-6-18(7-4-17)22-19-5-1-16-14-20(8-2-15(16)13-19)23-9-11-24-12-10-23/h1-2,5,8,13-14,17-18,22H,3-4,6-7,9-12,21H2. The first-order chi connectivity index (χ1) is 11.8. The van der Waals surface area contributed by atoms with Gasteiger partial charge < -0.3 is 20.7 Å². The lowest BCUT2D eigenvalue weighted by atomic mass is 9.91. The van der Waals surface area contributed by atoms with E-state index in [4.69, 9.17) is 10.5 Å². The molecule has 1 saturated heterocycles. The SMILES string of the molecule is NC1CCC(Nc2ccc3cc(N4CCOCC4)ccc3c2)CC1. The lowest BCUT2D eigenvalue weighted by Gasteiger charge is -2.29. The largest absolute Gasteiger partial charge is 0.382 e. The summed E-state index contributed by atoms with van der Waals surface area (Å²) in [5.74, 6) is 0. The average Bonchev–Trinajstić information content (AvgIpc) is 2.64. The van der Waals surface area contributed by atoms with Crippen LogP contribution in [-0.2, 0) is 4.74 Å². The van der Waals surface area contributed by atoms with Crippen molar-refractivity contribution in [1.82, 2.24) is 0 Å². The zero-order valence-corrected chi connectivity index (χ0v) is 14.2. The van der Waals surface area contributed by atoms with Crippen molar-refractivity contribution >= 4 is 22.1 Å². The summed E-state index contributed by atoms with van der Waals surface area (Å²) in [4.78, 5) is 2.40. The van der Waals surface area contributed by atoms with Crippen LogP contribution in [0.5, 0.6) is 0 Å². The van der Waals surface area contributed by atoms with Crippen LogP contribution < -0.4 is 16.0 Å². The Balaban J connectivity index is 1.49. The van der Waals surface area contributed by atoms with Gasteiger partial charge in [-0.15, -0.1) is 0 Å². The van der Waals surface area contributed by atoms with Gasteiger partial charge >= 0.3 is 0 Å². The van der Waals surface area contributed by atoms with Gasteiger partial charge in [-0.1, -0.05) is 12.1 Å². The molecule has 4 nitrogen and oxygen atoms in total. The molecule has 0 amide bonds. The number of ether oxygens (including phenoxy) is 1. The number of benzene rings is 2. The van der Waals surface area contributed by atoms with Crippen LogP contribution in [0.1, 0.15) is 25.7 Å². The van der Waals surface area contributed by atoms with Gasteiger partial charge in [-0.3, -0.25) is 0 Å². The van der Waals surface area contributed by atoms with Gasteiger partial charge in [-0.05, 0) is 60.7 Å². The molecular formula is C20H27N3O. The first kappa shape index (κ1) is 15.7. The van der Waals surface area contributed by atoms with Crippen LogP contribution in [0, 0.1) is 0 Å². The number of fused-ring (bicyclic) bond motifs is 1. The Morgan fingerprint density at radius 2 is 1.62 bits per heavy atom. The molecule has 0 bridgehead atoms. The molecule has 0 atom stereocenters. The van der Waals surface area contributed by atoms with E-state index in [0.717, 1.165) is 39.1 Å². The highest BCUT2D eigenvalue weighted by atomic mass is 16.5. The number of nitrogens with zero attached hydrogens (tertiary/aromatic N) is 1. The van der Waals surface area contributed by atoms with Crippen LogP contribution >= 0.6 is 0 Å². The molecule has 24 heavy (non-hydrogen) atoms. The van der Waals surface area contributed by atoms with E-state index in [1.807, 2.05) is 0 Å². The summed E-state index contributed by atoms with van der Waals surface area (Å²) in [7, 11) is 0. The molecule has 1 aliphatic heterocycles. The summed E-state index contributed by atoms with van der Waals surface area (Å²) in [6, 6.07) is 14.4. The lowest BCUT2D eigenvalue weighted by molar-refractivity contribution is 0.122. The third-order valence-corrected chi connectivity index (χ3v) is 5.34. The first-order valence-corrected chi connectivity index (χ1v) is 9.16. The molecule has 2 aromatic carbocycles. The Labute approximate surface area is 144 Å². The van der Waals surface area contributed by atoms with Crippen LogP contribution in [0.3, 0.4) is 0 Å². The molecule has 0 radical (unpaired) electrons. The van der Waals surface area contributed by atoms with Gasteiger partial charge in [-0.2, -0.15) is 0 Å². The summed E-state index contributed by atoms with van der Waals surface area (Å²) < 4.78 is 5.45. The Hall–Kier alpha value is -1.78. The maximum atomic E-state index is 6.00. The monoisotopic (exact) mass is 325 g/mol. The zero-order valence-electron chi connectivity index (χ0n) is 14.2. The highest BCUT2D eigenvalue weighted by Crippen LogP contribution is 2.27. The van der Waals surface area contributed by atoms with Crippen LogP contribution in [0.2, 0.25) is 0 Å². The van der Waals surface area contributed by atoms with Gasteiger partial charge in [0.1, 0.15) is 0 Å². The summed E-state index contributed by atoms with van der Waals surface area (Å²) in [6.45, 7) is 3.61. The van der Waals surface area contributed by atoms with E-state index < -0.39 is 0 Å². The van der Waals surface area contributed by atoms with E-state index >= 15 is 0 Å². The number of rotatable bonds is 3. The fourth-order valence-corrected chi connectivity index (χ4v) is 3.84. The normalized spacial score (nSPS) is 25.0. The highest BCUT2D eigenvalue weighted by Gasteiger charge is 2.18. The Morgan fingerprint density at radius 1 is 0.917 bits per heavy atom. The maximum Gasteiger partial charge on any atom is 0.0642 e. The molecule has 0 spiro atoms. The second-order valence-electron chi connectivity index (χ2n) is 7.10. The summed E-state index contributed by atoms with van der Waals surface area (Å²) in [5, 5.41) is 6.29. The van der Waals surface area contributed by atoms with E-state index in [-0.39, 0.29) is 0 Å². The van der Waals surface area contributed by atoms with E-state index in [0.29, 0.717) is 12.1 Å². The Morgan fingerprint density at radius 3 is 2.42 bits per heavy atom. The summed E-state index contributed by atoms with van der Waals surface area (Å²) in [6.07, 6.45) is 4.62. The smallest absolute Gasteiger partial charge is 0.0642 e. The molecule has 1 aliphatic carbocycles. The van der Waals surface area contributed by atoms with Crippen molar-refractivity contribution in [2.75, 3.05) is 36.5 Å². The highest BCUT2D eigenvalue weighted by molar-refractivity contribution is 5.88. The average molecular weight is 325 g/mol. The number of hydrogen-bond donors (Lipinski definition) is 2. The van der Waals surface area contributed by atoms with E-state index in [1.54, 1.807) is 0 Å². The molecule has 1 heterocycles. The molecule has 3 N–H and O–H groups in total. The van der Waals surface area contributed by atoms with Crippen molar-refractivity contribution in [1.29, 1.82) is 0 Å². The molecule has 0 unspecified atom stereocenters. The number of nitrogens with one attached hydrogen (secondary N) is 1. The molecule has 2 aliphatic rings. The zero-order chi connectivity index (χ0) is 16.4. The van der Waals surface area contributed by atoms with E-state index in [2.05, 4.69) is 46.6 Å². The van der Waals surface area contributed by atoms with Crippen molar-refractivity contribution in [2.24, 2.45) is 5.73 Å². The Kier molecular flexibility index (Phi) is 4.58. The first-order valence-electron chi connectivity index (χ1n) is 9.16. The van der Waals surface area contributed by atoms with Crippen LogP contribution in [0.4, 0.5) is 11.4 Å². The Bertz CT molecular complexity index is 688. The third kappa shape index (κ3) is 3.50. The van der Waals surface area contributed by atoms with Gasteiger partial charge in [-0.25, -0.2) is 0 Å². The van der Waals surface area contributed by atoms with Crippen LogP contribution in [0.15, 0.2) is 36.4 Å². The minimum atomic E-state index is 0.401. The van der Waals surface area contributed by atoms with Gasteiger partial charge in [0.05, 0.1) is 13.2 Å². The molecule has 4 rings (SSSR count). The lowest BCUT2D eigenvalue weighted by Crippen LogP contribution is -2.36. The summed E-state index contributed by atoms with van der Waals surface area (Å²) in [5.41, 5.74) is 8.52.